The van der Waals surface area contributed by atoms with Crippen molar-refractivity contribution in [2.24, 2.45) is 5.92 Å². The van der Waals surface area contributed by atoms with Crippen molar-refractivity contribution in [1.82, 2.24) is 10.2 Å². The second-order valence-corrected chi connectivity index (χ2v) is 7.32. The number of hydrogen-bond donors (Lipinski definition) is 1. The number of hydrogen-bond acceptors (Lipinski definition) is 5. The van der Waals surface area contributed by atoms with E-state index in [9.17, 15) is 14.9 Å². The third-order valence-electron chi connectivity index (χ3n) is 4.56. The summed E-state index contributed by atoms with van der Waals surface area (Å²) in [6.45, 7) is 3.60. The number of thiophene rings is 1. The molecule has 2 heterocycles. The maximum Gasteiger partial charge on any atom is 0.282 e. The summed E-state index contributed by atoms with van der Waals surface area (Å²) in [6, 6.07) is 10.3. The summed E-state index contributed by atoms with van der Waals surface area (Å²) in [4.78, 5) is 26.6. The molecule has 0 radical (unpaired) electrons. The molecule has 3 rings (SSSR count). The van der Waals surface area contributed by atoms with Gasteiger partial charge in [-0.1, -0.05) is 18.2 Å². The van der Waals surface area contributed by atoms with Crippen LogP contribution in [0.2, 0.25) is 0 Å². The van der Waals surface area contributed by atoms with Gasteiger partial charge in [0, 0.05) is 24.0 Å². The van der Waals surface area contributed by atoms with Crippen LogP contribution < -0.4 is 5.32 Å². The first-order valence-electron chi connectivity index (χ1n) is 8.40. The lowest BCUT2D eigenvalue weighted by atomic mass is 9.96. The van der Waals surface area contributed by atoms with Crippen LogP contribution in [0.25, 0.3) is 0 Å². The molecule has 1 saturated heterocycles. The van der Waals surface area contributed by atoms with Gasteiger partial charge in [-0.15, -0.1) is 11.3 Å². The molecule has 1 aromatic heterocycles. The molecule has 0 bridgehead atoms. The molecule has 1 amide bonds. The summed E-state index contributed by atoms with van der Waals surface area (Å²) in [5.74, 6) is 0.0552. The molecule has 0 spiro atoms. The molecule has 6 nitrogen and oxygen atoms in total. The predicted molar refractivity (Wildman–Crippen MR) is 97.7 cm³/mol. The third kappa shape index (κ3) is 4.64. The van der Waals surface area contributed by atoms with Crippen molar-refractivity contribution >= 4 is 22.9 Å². The van der Waals surface area contributed by atoms with Crippen LogP contribution in [0.1, 0.15) is 28.1 Å². The highest BCUT2D eigenvalue weighted by atomic mass is 32.1. The van der Waals surface area contributed by atoms with Crippen LogP contribution in [0.5, 0.6) is 0 Å². The minimum absolute atomic E-state index is 0.127. The van der Waals surface area contributed by atoms with E-state index in [1.54, 1.807) is 23.5 Å². The SMILES string of the molecule is O=C(NCC1CCN(Cc2cccs2)CC1)c1ccccc1[N+](=O)[O-]. The maximum atomic E-state index is 12.3. The van der Waals surface area contributed by atoms with E-state index in [1.165, 1.54) is 17.0 Å². The van der Waals surface area contributed by atoms with Crippen LogP contribution in [-0.4, -0.2) is 35.4 Å². The summed E-state index contributed by atoms with van der Waals surface area (Å²) >= 11 is 1.78. The standard InChI is InChI=1S/C18H21N3O3S/c22-18(16-5-1-2-6-17(16)21(23)24)19-12-14-7-9-20(10-8-14)13-15-4-3-11-25-15/h1-6,11,14H,7-10,12-13H2,(H,19,22). The molecule has 0 atom stereocenters. The third-order valence-corrected chi connectivity index (χ3v) is 5.42. The highest BCUT2D eigenvalue weighted by molar-refractivity contribution is 7.09. The van der Waals surface area contributed by atoms with Crippen LogP contribution >= 0.6 is 11.3 Å². The largest absolute Gasteiger partial charge is 0.352 e. The lowest BCUT2D eigenvalue weighted by molar-refractivity contribution is -0.385. The van der Waals surface area contributed by atoms with Crippen molar-refractivity contribution < 1.29 is 9.72 Å². The second kappa shape index (κ2) is 8.22. The highest BCUT2D eigenvalue weighted by Gasteiger charge is 2.22. The molecule has 1 N–H and O–H groups in total. The zero-order valence-corrected chi connectivity index (χ0v) is 14.7. The van der Waals surface area contributed by atoms with E-state index >= 15 is 0 Å². The number of nitrogens with one attached hydrogen (secondary N) is 1. The number of carbonyl (C=O) groups excluding carboxylic acids is 1. The topological polar surface area (TPSA) is 75.5 Å². The summed E-state index contributed by atoms with van der Waals surface area (Å²) in [5, 5.41) is 16.0. The van der Waals surface area contributed by atoms with Crippen molar-refractivity contribution in [3.05, 3.63) is 62.3 Å². The number of benzene rings is 1. The molecule has 0 aliphatic carbocycles. The molecule has 1 fully saturated rings. The van der Waals surface area contributed by atoms with E-state index in [4.69, 9.17) is 0 Å². The van der Waals surface area contributed by atoms with Crippen LogP contribution in [0.4, 0.5) is 5.69 Å². The molecular weight excluding hydrogens is 338 g/mol. The Morgan fingerprint density at radius 1 is 1.24 bits per heavy atom. The summed E-state index contributed by atoms with van der Waals surface area (Å²) < 4.78 is 0. The second-order valence-electron chi connectivity index (χ2n) is 6.28. The van der Waals surface area contributed by atoms with Gasteiger partial charge in [-0.3, -0.25) is 19.8 Å². The summed E-state index contributed by atoms with van der Waals surface area (Å²) in [6.07, 6.45) is 2.06. The Morgan fingerprint density at radius 2 is 2.00 bits per heavy atom. The lowest BCUT2D eigenvalue weighted by Gasteiger charge is -2.31. The Bertz CT molecular complexity index is 725. The monoisotopic (exact) mass is 359 g/mol. The van der Waals surface area contributed by atoms with Gasteiger partial charge in [-0.05, 0) is 49.4 Å². The van der Waals surface area contributed by atoms with Gasteiger partial charge in [-0.25, -0.2) is 0 Å². The maximum absolute atomic E-state index is 12.3. The number of nitro groups is 1. The Morgan fingerprint density at radius 3 is 2.68 bits per heavy atom. The van der Waals surface area contributed by atoms with Crippen LogP contribution in [0, 0.1) is 16.0 Å². The molecule has 1 aliphatic rings. The van der Waals surface area contributed by atoms with Crippen molar-refractivity contribution in [3.63, 3.8) is 0 Å². The van der Waals surface area contributed by atoms with Crippen LogP contribution in [-0.2, 0) is 6.54 Å². The van der Waals surface area contributed by atoms with Crippen LogP contribution in [0.3, 0.4) is 0 Å². The summed E-state index contributed by atoms with van der Waals surface area (Å²) in [5.41, 5.74) is -0.0200. The van der Waals surface area contributed by atoms with Crippen molar-refractivity contribution in [3.8, 4) is 0 Å². The number of amides is 1. The minimum atomic E-state index is -0.516. The van der Waals surface area contributed by atoms with Gasteiger partial charge in [-0.2, -0.15) is 0 Å². The molecule has 1 aliphatic heterocycles. The minimum Gasteiger partial charge on any atom is -0.352 e. The Kier molecular flexibility index (Phi) is 5.78. The van der Waals surface area contributed by atoms with E-state index in [1.807, 2.05) is 0 Å². The molecule has 7 heteroatoms. The molecule has 0 unspecified atom stereocenters. The number of para-hydroxylation sites is 1. The van der Waals surface area contributed by atoms with Crippen molar-refractivity contribution in [2.75, 3.05) is 19.6 Å². The number of carbonyl (C=O) groups is 1. The van der Waals surface area contributed by atoms with E-state index in [-0.39, 0.29) is 17.2 Å². The van der Waals surface area contributed by atoms with Gasteiger partial charge < -0.3 is 5.32 Å². The van der Waals surface area contributed by atoms with Gasteiger partial charge >= 0.3 is 0 Å². The van der Waals surface area contributed by atoms with Gasteiger partial charge in [0.2, 0.25) is 0 Å². The van der Waals surface area contributed by atoms with E-state index in [0.29, 0.717) is 12.5 Å². The number of nitro benzene ring substituents is 1. The Balaban J connectivity index is 1.47. The molecule has 0 saturated carbocycles. The Labute approximate surface area is 150 Å². The van der Waals surface area contributed by atoms with Gasteiger partial charge in [0.05, 0.1) is 4.92 Å². The fourth-order valence-corrected chi connectivity index (χ4v) is 3.87. The fraction of sp³-hybridized carbons (Fsp3) is 0.389. The van der Waals surface area contributed by atoms with E-state index in [0.717, 1.165) is 32.5 Å². The quantitative estimate of drug-likeness (QED) is 0.634. The number of piperidine rings is 1. The van der Waals surface area contributed by atoms with Crippen molar-refractivity contribution in [2.45, 2.75) is 19.4 Å². The number of nitrogens with zero attached hydrogens (tertiary/aromatic N) is 2. The van der Waals surface area contributed by atoms with Gasteiger partial charge in [0.25, 0.3) is 11.6 Å². The average Bonchev–Trinajstić information content (AvgIpc) is 3.14. The number of likely N-dealkylation sites (tertiary alicyclic amines) is 1. The molecule has 132 valence electrons. The first kappa shape index (κ1) is 17.6. The van der Waals surface area contributed by atoms with E-state index in [2.05, 4.69) is 27.7 Å². The zero-order chi connectivity index (χ0) is 17.6. The lowest BCUT2D eigenvalue weighted by Crippen LogP contribution is -2.38. The molecule has 1 aromatic carbocycles. The fourth-order valence-electron chi connectivity index (χ4n) is 3.13. The van der Waals surface area contributed by atoms with Gasteiger partial charge in [0.15, 0.2) is 0 Å². The molecule has 2 aromatic rings. The molecule has 25 heavy (non-hydrogen) atoms. The van der Waals surface area contributed by atoms with Crippen molar-refractivity contribution in [1.29, 1.82) is 0 Å². The molecular formula is C18H21N3O3S. The van der Waals surface area contributed by atoms with Gasteiger partial charge in [0.1, 0.15) is 5.56 Å². The zero-order valence-electron chi connectivity index (χ0n) is 13.9. The number of rotatable bonds is 6. The van der Waals surface area contributed by atoms with E-state index < -0.39 is 4.92 Å². The normalized spacial score (nSPS) is 15.8. The Hall–Kier alpha value is -2.25. The first-order chi connectivity index (χ1) is 12.1. The summed E-state index contributed by atoms with van der Waals surface area (Å²) in [7, 11) is 0. The first-order valence-corrected chi connectivity index (χ1v) is 9.28. The smallest absolute Gasteiger partial charge is 0.282 e. The highest BCUT2D eigenvalue weighted by Crippen LogP contribution is 2.21. The average molecular weight is 359 g/mol. The van der Waals surface area contributed by atoms with Crippen LogP contribution in [0.15, 0.2) is 41.8 Å². The predicted octanol–water partition coefficient (Wildman–Crippen LogP) is 3.30.